The lowest BCUT2D eigenvalue weighted by Crippen LogP contribution is -2.15. The normalized spacial score (nSPS) is 12.4. The van der Waals surface area contributed by atoms with Crippen LogP contribution in [0.1, 0.15) is 19.0 Å². The van der Waals surface area contributed by atoms with E-state index in [4.69, 9.17) is 5.11 Å². The fourth-order valence-electron chi connectivity index (χ4n) is 0.918. The molecule has 1 aromatic rings. The van der Waals surface area contributed by atoms with Crippen LogP contribution < -0.4 is 0 Å². The van der Waals surface area contributed by atoms with Crippen molar-refractivity contribution in [3.63, 3.8) is 0 Å². The Labute approximate surface area is 86.8 Å². The summed E-state index contributed by atoms with van der Waals surface area (Å²) in [5.41, 5.74) is 0.850. The van der Waals surface area contributed by atoms with E-state index < -0.39 is 11.2 Å². The standard InChI is InChI=1S/C9H12N2O2S/c1-3-7(8(12)13)14-9-10-5-4-6(2)11-9/h4-5,7H,3H2,1-2H3,(H,12,13). The maximum Gasteiger partial charge on any atom is 0.317 e. The third-order valence-electron chi connectivity index (χ3n) is 1.67. The molecular formula is C9H12N2O2S. The Morgan fingerprint density at radius 2 is 2.43 bits per heavy atom. The molecule has 1 atom stereocenters. The maximum absolute atomic E-state index is 10.7. The molecule has 0 saturated heterocycles. The van der Waals surface area contributed by atoms with Gasteiger partial charge in [-0.1, -0.05) is 18.7 Å². The van der Waals surface area contributed by atoms with Gasteiger partial charge in [0, 0.05) is 11.9 Å². The third kappa shape index (κ3) is 2.99. The van der Waals surface area contributed by atoms with Crippen LogP contribution in [0.15, 0.2) is 17.4 Å². The molecule has 5 heteroatoms. The van der Waals surface area contributed by atoms with Crippen molar-refractivity contribution < 1.29 is 9.90 Å². The number of carbonyl (C=O) groups is 1. The number of carboxylic acids is 1. The second-order valence-electron chi connectivity index (χ2n) is 2.83. The Kier molecular flexibility index (Phi) is 3.88. The summed E-state index contributed by atoms with van der Waals surface area (Å²) in [6, 6.07) is 1.78. The lowest BCUT2D eigenvalue weighted by molar-refractivity contribution is -0.136. The Morgan fingerprint density at radius 1 is 1.71 bits per heavy atom. The molecule has 1 rings (SSSR count). The van der Waals surface area contributed by atoms with Crippen LogP contribution >= 0.6 is 11.8 Å². The van der Waals surface area contributed by atoms with E-state index in [9.17, 15) is 4.79 Å². The van der Waals surface area contributed by atoms with Crippen molar-refractivity contribution in [1.82, 2.24) is 9.97 Å². The predicted molar refractivity (Wildman–Crippen MR) is 54.3 cm³/mol. The van der Waals surface area contributed by atoms with Crippen molar-refractivity contribution in [2.75, 3.05) is 0 Å². The molecule has 1 N–H and O–H groups in total. The molecule has 0 fully saturated rings. The van der Waals surface area contributed by atoms with Gasteiger partial charge in [-0.15, -0.1) is 0 Å². The zero-order chi connectivity index (χ0) is 10.6. The summed E-state index contributed by atoms with van der Waals surface area (Å²) in [5, 5.41) is 8.89. The number of rotatable bonds is 4. The van der Waals surface area contributed by atoms with Gasteiger partial charge in [0.2, 0.25) is 0 Å². The number of hydrogen-bond donors (Lipinski definition) is 1. The first-order chi connectivity index (χ1) is 6.63. The van der Waals surface area contributed by atoms with Gasteiger partial charge in [-0.2, -0.15) is 0 Å². The van der Waals surface area contributed by atoms with E-state index in [-0.39, 0.29) is 0 Å². The number of aliphatic carboxylic acids is 1. The molecule has 0 aliphatic carbocycles. The van der Waals surface area contributed by atoms with Crippen molar-refractivity contribution in [2.24, 2.45) is 0 Å². The highest BCUT2D eigenvalue weighted by molar-refractivity contribution is 8.00. The number of thioether (sulfide) groups is 1. The lowest BCUT2D eigenvalue weighted by atomic mass is 10.3. The van der Waals surface area contributed by atoms with Crippen LogP contribution in [0.25, 0.3) is 0 Å². The summed E-state index contributed by atoms with van der Waals surface area (Å²) in [4.78, 5) is 18.9. The second-order valence-corrected chi connectivity index (χ2v) is 4.00. The minimum atomic E-state index is -0.817. The van der Waals surface area contributed by atoms with E-state index in [0.717, 1.165) is 5.69 Å². The molecule has 0 aliphatic rings. The molecule has 76 valence electrons. The minimum absolute atomic E-state index is 0.461. The minimum Gasteiger partial charge on any atom is -0.480 e. The molecule has 1 heterocycles. The maximum atomic E-state index is 10.7. The fraction of sp³-hybridized carbons (Fsp3) is 0.444. The van der Waals surface area contributed by atoms with E-state index in [0.29, 0.717) is 11.6 Å². The largest absolute Gasteiger partial charge is 0.480 e. The molecule has 1 aromatic heterocycles. The summed E-state index contributed by atoms with van der Waals surface area (Å²) < 4.78 is 0. The number of aryl methyl sites for hydroxylation is 1. The smallest absolute Gasteiger partial charge is 0.317 e. The van der Waals surface area contributed by atoms with E-state index in [1.165, 1.54) is 11.8 Å². The average Bonchev–Trinajstić information content (AvgIpc) is 2.14. The molecule has 0 saturated carbocycles. The third-order valence-corrected chi connectivity index (χ3v) is 2.89. The summed E-state index contributed by atoms with van der Waals surface area (Å²) in [6.07, 6.45) is 2.20. The molecule has 0 spiro atoms. The monoisotopic (exact) mass is 212 g/mol. The quantitative estimate of drug-likeness (QED) is 0.608. The van der Waals surface area contributed by atoms with E-state index >= 15 is 0 Å². The predicted octanol–water partition coefficient (Wildman–Crippen LogP) is 1.74. The molecule has 0 aliphatic heterocycles. The summed E-state index contributed by atoms with van der Waals surface area (Å²) in [6.45, 7) is 3.69. The summed E-state index contributed by atoms with van der Waals surface area (Å²) in [7, 11) is 0. The zero-order valence-electron chi connectivity index (χ0n) is 8.10. The summed E-state index contributed by atoms with van der Waals surface area (Å²) in [5.74, 6) is -0.817. The molecule has 0 amide bonds. The Balaban J connectivity index is 2.72. The number of nitrogens with zero attached hydrogens (tertiary/aromatic N) is 2. The van der Waals surface area contributed by atoms with Crippen LogP contribution in [-0.2, 0) is 4.79 Å². The SMILES string of the molecule is CCC(Sc1nccc(C)n1)C(=O)O. The Morgan fingerprint density at radius 3 is 2.93 bits per heavy atom. The zero-order valence-corrected chi connectivity index (χ0v) is 8.91. The molecule has 0 bridgehead atoms. The van der Waals surface area contributed by atoms with Gasteiger partial charge in [-0.3, -0.25) is 4.79 Å². The first kappa shape index (κ1) is 11.0. The highest BCUT2D eigenvalue weighted by atomic mass is 32.2. The van der Waals surface area contributed by atoms with Crippen molar-refractivity contribution in [3.05, 3.63) is 18.0 Å². The molecule has 1 unspecified atom stereocenters. The van der Waals surface area contributed by atoms with E-state index in [1.54, 1.807) is 12.3 Å². The van der Waals surface area contributed by atoms with E-state index in [1.807, 2.05) is 13.8 Å². The van der Waals surface area contributed by atoms with Gasteiger partial charge in [0.05, 0.1) is 0 Å². The lowest BCUT2D eigenvalue weighted by Gasteiger charge is -2.07. The van der Waals surface area contributed by atoms with Gasteiger partial charge in [-0.25, -0.2) is 9.97 Å². The van der Waals surface area contributed by atoms with Crippen molar-refractivity contribution in [3.8, 4) is 0 Å². The molecule has 14 heavy (non-hydrogen) atoms. The molecular weight excluding hydrogens is 200 g/mol. The number of hydrogen-bond acceptors (Lipinski definition) is 4. The topological polar surface area (TPSA) is 63.1 Å². The van der Waals surface area contributed by atoms with Gasteiger partial charge in [-0.05, 0) is 19.4 Å². The van der Waals surface area contributed by atoms with Crippen molar-refractivity contribution in [1.29, 1.82) is 0 Å². The molecule has 0 radical (unpaired) electrons. The van der Waals surface area contributed by atoms with Crippen LogP contribution in [0, 0.1) is 6.92 Å². The molecule has 4 nitrogen and oxygen atoms in total. The Bertz CT molecular complexity index is 330. The van der Waals surface area contributed by atoms with Crippen molar-refractivity contribution >= 4 is 17.7 Å². The Hall–Kier alpha value is -1.10. The highest BCUT2D eigenvalue weighted by Crippen LogP contribution is 2.21. The van der Waals surface area contributed by atoms with Crippen LogP contribution in [-0.4, -0.2) is 26.3 Å². The van der Waals surface area contributed by atoms with Crippen LogP contribution in [0.4, 0.5) is 0 Å². The molecule has 0 aromatic carbocycles. The van der Waals surface area contributed by atoms with Gasteiger partial charge in [0.1, 0.15) is 5.25 Å². The van der Waals surface area contributed by atoms with Gasteiger partial charge < -0.3 is 5.11 Å². The number of aromatic nitrogens is 2. The van der Waals surface area contributed by atoms with Crippen LogP contribution in [0.5, 0.6) is 0 Å². The highest BCUT2D eigenvalue weighted by Gasteiger charge is 2.17. The second kappa shape index (κ2) is 4.95. The van der Waals surface area contributed by atoms with Gasteiger partial charge in [0.25, 0.3) is 0 Å². The first-order valence-corrected chi connectivity index (χ1v) is 5.20. The number of carboxylic acid groups (broad SMARTS) is 1. The van der Waals surface area contributed by atoms with Gasteiger partial charge in [0.15, 0.2) is 5.16 Å². The van der Waals surface area contributed by atoms with E-state index in [2.05, 4.69) is 9.97 Å². The van der Waals surface area contributed by atoms with Crippen LogP contribution in [0.2, 0.25) is 0 Å². The van der Waals surface area contributed by atoms with Crippen molar-refractivity contribution in [2.45, 2.75) is 30.7 Å². The van der Waals surface area contributed by atoms with Gasteiger partial charge >= 0.3 is 5.97 Å². The first-order valence-electron chi connectivity index (χ1n) is 4.32. The fourth-order valence-corrected chi connectivity index (χ4v) is 1.76. The van der Waals surface area contributed by atoms with Crippen LogP contribution in [0.3, 0.4) is 0 Å². The summed E-state index contributed by atoms with van der Waals surface area (Å²) >= 11 is 1.19. The average molecular weight is 212 g/mol.